The lowest BCUT2D eigenvalue weighted by Crippen LogP contribution is -2.09. The Bertz CT molecular complexity index is 1180. The lowest BCUT2D eigenvalue weighted by atomic mass is 9.81. The Kier molecular flexibility index (Phi) is 3.16. The molecule has 0 saturated heterocycles. The van der Waals surface area contributed by atoms with E-state index in [1.54, 1.807) is 5.56 Å². The molecule has 0 heterocycles. The van der Waals surface area contributed by atoms with Crippen LogP contribution in [0.25, 0.3) is 22.3 Å². The van der Waals surface area contributed by atoms with Gasteiger partial charge in [0.05, 0.1) is 0 Å². The van der Waals surface area contributed by atoms with Gasteiger partial charge in [-0.1, -0.05) is 84.9 Å². The summed E-state index contributed by atoms with van der Waals surface area (Å²) in [6.45, 7) is 0. The molecule has 0 aliphatic heterocycles. The summed E-state index contributed by atoms with van der Waals surface area (Å²) >= 11 is 0. The van der Waals surface area contributed by atoms with E-state index in [0.717, 1.165) is 19.3 Å². The normalized spacial score (nSPS) is 13.5. The van der Waals surface area contributed by atoms with Gasteiger partial charge in [0.25, 0.3) is 0 Å². The smallest absolute Gasteiger partial charge is 0.00133 e. The molecule has 2 aliphatic carbocycles. The zero-order valence-corrected chi connectivity index (χ0v) is 15.2. The van der Waals surface area contributed by atoms with Crippen LogP contribution in [0, 0.1) is 0 Å². The van der Waals surface area contributed by atoms with E-state index in [9.17, 15) is 0 Å². The van der Waals surface area contributed by atoms with E-state index in [4.69, 9.17) is 0 Å². The van der Waals surface area contributed by atoms with Crippen molar-refractivity contribution in [3.63, 3.8) is 0 Å². The first kappa shape index (κ1) is 15.0. The van der Waals surface area contributed by atoms with Crippen LogP contribution < -0.4 is 0 Å². The number of hydrogen-bond acceptors (Lipinski definition) is 0. The molecule has 0 fully saturated rings. The molecule has 0 N–H and O–H groups in total. The minimum atomic E-state index is 1.04. The lowest BCUT2D eigenvalue weighted by molar-refractivity contribution is 1.00. The highest BCUT2D eigenvalue weighted by molar-refractivity contribution is 5.81. The molecule has 0 unspecified atom stereocenters. The molecule has 0 atom stereocenters. The first-order chi connectivity index (χ1) is 13.4. The summed E-state index contributed by atoms with van der Waals surface area (Å²) in [5, 5.41) is 0. The second-order valence-electron chi connectivity index (χ2n) is 7.77. The predicted octanol–water partition coefficient (Wildman–Crippen LogP) is 6.42. The zero-order chi connectivity index (χ0) is 17.8. The maximum absolute atomic E-state index is 2.40. The fourth-order valence-corrected chi connectivity index (χ4v) is 4.88. The Morgan fingerprint density at radius 3 is 2.11 bits per heavy atom. The molecule has 0 spiro atoms. The molecule has 0 aromatic heterocycles. The third-order valence-corrected chi connectivity index (χ3v) is 6.23. The molecular weight excluding hydrogens is 324 g/mol. The highest BCUT2D eigenvalue weighted by atomic mass is 14.3. The van der Waals surface area contributed by atoms with Gasteiger partial charge in [-0.15, -0.1) is 0 Å². The third-order valence-electron chi connectivity index (χ3n) is 6.23. The van der Waals surface area contributed by atoms with Crippen LogP contribution in [0.15, 0.2) is 84.9 Å². The molecule has 128 valence electrons. The molecule has 4 aromatic rings. The van der Waals surface area contributed by atoms with Gasteiger partial charge in [-0.3, -0.25) is 0 Å². The summed E-state index contributed by atoms with van der Waals surface area (Å²) in [6, 6.07) is 31.4. The number of rotatable bonds is 1. The van der Waals surface area contributed by atoms with Crippen molar-refractivity contribution in [1.82, 2.24) is 0 Å². The SMILES string of the molecule is c1ccc(-c2ccc3c(c2)Cc2ccc4c(c2C3)-c2ccccc2C4)cc1. The van der Waals surface area contributed by atoms with Crippen LogP contribution in [-0.2, 0) is 19.3 Å². The van der Waals surface area contributed by atoms with Crippen LogP contribution in [0.4, 0.5) is 0 Å². The second kappa shape index (κ2) is 5.69. The monoisotopic (exact) mass is 344 g/mol. The number of fused-ring (bicyclic) bond motifs is 6. The molecule has 4 aromatic carbocycles. The molecule has 0 saturated carbocycles. The van der Waals surface area contributed by atoms with Crippen molar-refractivity contribution < 1.29 is 0 Å². The van der Waals surface area contributed by atoms with Gasteiger partial charge in [0.1, 0.15) is 0 Å². The summed E-state index contributed by atoms with van der Waals surface area (Å²) in [5.41, 5.74) is 14.6. The summed E-state index contributed by atoms with van der Waals surface area (Å²) < 4.78 is 0. The fourth-order valence-electron chi connectivity index (χ4n) is 4.88. The highest BCUT2D eigenvalue weighted by Gasteiger charge is 2.26. The van der Waals surface area contributed by atoms with Crippen LogP contribution in [0.1, 0.15) is 33.4 Å². The zero-order valence-electron chi connectivity index (χ0n) is 15.2. The number of hydrogen-bond donors (Lipinski definition) is 0. The van der Waals surface area contributed by atoms with Gasteiger partial charge < -0.3 is 0 Å². The van der Waals surface area contributed by atoms with Crippen molar-refractivity contribution in [2.24, 2.45) is 0 Å². The number of benzene rings is 4. The Morgan fingerprint density at radius 1 is 0.444 bits per heavy atom. The topological polar surface area (TPSA) is 0 Å². The Morgan fingerprint density at radius 2 is 1.19 bits per heavy atom. The van der Waals surface area contributed by atoms with Gasteiger partial charge in [-0.2, -0.15) is 0 Å². The molecule has 6 rings (SSSR count). The molecule has 0 amide bonds. The van der Waals surface area contributed by atoms with E-state index >= 15 is 0 Å². The Hall–Kier alpha value is -3.12. The van der Waals surface area contributed by atoms with Gasteiger partial charge in [0, 0.05) is 0 Å². The molecular formula is C27H20. The summed E-state index contributed by atoms with van der Waals surface area (Å²) in [6.07, 6.45) is 3.18. The summed E-state index contributed by atoms with van der Waals surface area (Å²) in [4.78, 5) is 0. The van der Waals surface area contributed by atoms with Crippen molar-refractivity contribution >= 4 is 0 Å². The summed E-state index contributed by atoms with van der Waals surface area (Å²) in [5.74, 6) is 0. The van der Waals surface area contributed by atoms with E-state index in [0.29, 0.717) is 0 Å². The minimum Gasteiger partial charge on any atom is -0.0622 e. The third kappa shape index (κ3) is 2.30. The van der Waals surface area contributed by atoms with Crippen LogP contribution in [-0.4, -0.2) is 0 Å². The van der Waals surface area contributed by atoms with E-state index in [2.05, 4.69) is 84.9 Å². The van der Waals surface area contributed by atoms with Gasteiger partial charge in [-0.25, -0.2) is 0 Å². The van der Waals surface area contributed by atoms with Crippen LogP contribution in [0.5, 0.6) is 0 Å². The van der Waals surface area contributed by atoms with Crippen molar-refractivity contribution in [2.75, 3.05) is 0 Å². The highest BCUT2D eigenvalue weighted by Crippen LogP contribution is 2.43. The molecule has 0 nitrogen and oxygen atoms in total. The molecule has 27 heavy (non-hydrogen) atoms. The fraction of sp³-hybridized carbons (Fsp3) is 0.111. The standard InChI is InChI=1S/C27H20/c1-2-6-18(7-3-1)19-10-11-20-17-26-22(16-24(20)14-19)12-13-23-15-21-8-4-5-9-25(21)27(23)26/h1-14H,15-17H2. The first-order valence-corrected chi connectivity index (χ1v) is 9.76. The first-order valence-electron chi connectivity index (χ1n) is 9.76. The van der Waals surface area contributed by atoms with Crippen molar-refractivity contribution in [3.05, 3.63) is 118 Å². The molecule has 0 radical (unpaired) electrons. The van der Waals surface area contributed by atoms with Gasteiger partial charge >= 0.3 is 0 Å². The van der Waals surface area contributed by atoms with Gasteiger partial charge in [0.15, 0.2) is 0 Å². The largest absolute Gasteiger partial charge is 0.0622 e. The summed E-state index contributed by atoms with van der Waals surface area (Å²) in [7, 11) is 0. The lowest BCUT2D eigenvalue weighted by Gasteiger charge is -2.23. The van der Waals surface area contributed by atoms with Crippen molar-refractivity contribution in [2.45, 2.75) is 19.3 Å². The van der Waals surface area contributed by atoms with Gasteiger partial charge in [-0.05, 0) is 74.9 Å². The van der Waals surface area contributed by atoms with Crippen molar-refractivity contribution in [1.29, 1.82) is 0 Å². The van der Waals surface area contributed by atoms with E-state index in [1.807, 2.05) is 0 Å². The Labute approximate surface area is 160 Å². The van der Waals surface area contributed by atoms with Crippen LogP contribution >= 0.6 is 0 Å². The van der Waals surface area contributed by atoms with Gasteiger partial charge in [0.2, 0.25) is 0 Å². The van der Waals surface area contributed by atoms with Crippen molar-refractivity contribution in [3.8, 4) is 22.3 Å². The van der Waals surface area contributed by atoms with Crippen LogP contribution in [0.3, 0.4) is 0 Å². The molecule has 0 heteroatoms. The second-order valence-corrected chi connectivity index (χ2v) is 7.77. The molecule has 2 aliphatic rings. The Balaban J connectivity index is 1.46. The minimum absolute atomic E-state index is 1.04. The maximum atomic E-state index is 2.40. The van der Waals surface area contributed by atoms with E-state index in [1.165, 1.54) is 50.1 Å². The average molecular weight is 344 g/mol. The van der Waals surface area contributed by atoms with E-state index in [-0.39, 0.29) is 0 Å². The van der Waals surface area contributed by atoms with Crippen LogP contribution in [0.2, 0.25) is 0 Å². The molecule has 0 bridgehead atoms. The average Bonchev–Trinajstić information content (AvgIpc) is 3.11. The maximum Gasteiger partial charge on any atom is -0.00133 e. The van der Waals surface area contributed by atoms with E-state index < -0.39 is 0 Å². The predicted molar refractivity (Wildman–Crippen MR) is 112 cm³/mol. The quantitative estimate of drug-likeness (QED) is 0.323.